The van der Waals surface area contributed by atoms with Gasteiger partial charge in [0, 0.05) is 19.6 Å². The van der Waals surface area contributed by atoms with Crippen LogP contribution in [0.2, 0.25) is 0 Å². The fourth-order valence-corrected chi connectivity index (χ4v) is 3.47. The molecule has 0 aromatic carbocycles. The number of ether oxygens (including phenoxy) is 1. The average Bonchev–Trinajstić information content (AvgIpc) is 2.18. The lowest BCUT2D eigenvalue weighted by molar-refractivity contribution is -0.116. The van der Waals surface area contributed by atoms with Gasteiger partial charge in [-0.25, -0.2) is 8.42 Å². The molecule has 0 unspecified atom stereocenters. The van der Waals surface area contributed by atoms with E-state index in [-0.39, 0.29) is 16.8 Å². The highest BCUT2D eigenvalue weighted by atomic mass is 32.2. The summed E-state index contributed by atoms with van der Waals surface area (Å²) in [6, 6.07) is 0. The molecule has 1 heterocycles. The van der Waals surface area contributed by atoms with Gasteiger partial charge in [-0.2, -0.15) is 0 Å². The lowest BCUT2D eigenvalue weighted by Gasteiger charge is -2.21. The minimum atomic E-state index is -3.23. The molecule has 0 bridgehead atoms. The van der Waals surface area contributed by atoms with E-state index >= 15 is 0 Å². The van der Waals surface area contributed by atoms with Crippen LogP contribution in [0, 0.1) is 0 Å². The third-order valence-electron chi connectivity index (χ3n) is 2.57. The van der Waals surface area contributed by atoms with Gasteiger partial charge in [-0.3, -0.25) is 4.79 Å². The van der Waals surface area contributed by atoms with Crippen LogP contribution in [0.1, 0.15) is 32.6 Å². The third kappa shape index (κ3) is 3.91. The first-order valence-corrected chi connectivity index (χ1v) is 7.09. The van der Waals surface area contributed by atoms with Crippen LogP contribution in [-0.2, 0) is 19.4 Å². The van der Waals surface area contributed by atoms with Gasteiger partial charge in [-0.1, -0.05) is 6.92 Å². The number of hydrogen-bond donors (Lipinski definition) is 0. The molecule has 4 nitrogen and oxygen atoms in total. The van der Waals surface area contributed by atoms with Gasteiger partial charge >= 0.3 is 0 Å². The predicted octanol–water partition coefficient (Wildman–Crippen LogP) is 0.949. The summed E-state index contributed by atoms with van der Waals surface area (Å²) in [7, 11) is -3.23. The number of sulfone groups is 1. The van der Waals surface area contributed by atoms with E-state index in [0.29, 0.717) is 38.9 Å². The summed E-state index contributed by atoms with van der Waals surface area (Å²) in [4.78, 5) is 11.3. The molecule has 0 atom stereocenters. The van der Waals surface area contributed by atoms with Gasteiger partial charge in [0.25, 0.3) is 0 Å². The Morgan fingerprint density at radius 1 is 1.33 bits per heavy atom. The van der Waals surface area contributed by atoms with Crippen molar-refractivity contribution >= 4 is 15.6 Å². The Labute approximate surface area is 90.9 Å². The lowest BCUT2D eigenvalue weighted by Crippen LogP contribution is -2.33. The van der Waals surface area contributed by atoms with E-state index in [2.05, 4.69) is 0 Å². The van der Waals surface area contributed by atoms with E-state index in [4.69, 9.17) is 4.74 Å². The Morgan fingerprint density at radius 3 is 2.47 bits per heavy atom. The molecule has 1 rings (SSSR count). The van der Waals surface area contributed by atoms with Crippen molar-refractivity contribution in [3.05, 3.63) is 0 Å². The van der Waals surface area contributed by atoms with Crippen LogP contribution in [0.15, 0.2) is 0 Å². The highest BCUT2D eigenvalue weighted by Crippen LogP contribution is 2.17. The zero-order valence-electron chi connectivity index (χ0n) is 9.07. The smallest absolute Gasteiger partial charge is 0.160 e. The van der Waals surface area contributed by atoms with E-state index in [9.17, 15) is 13.2 Å². The second kappa shape index (κ2) is 5.61. The molecule has 88 valence electrons. The minimum absolute atomic E-state index is 0.163. The maximum atomic E-state index is 11.8. The maximum Gasteiger partial charge on any atom is 0.160 e. The van der Waals surface area contributed by atoms with E-state index in [0.717, 1.165) is 0 Å². The topological polar surface area (TPSA) is 60.4 Å². The molecule has 0 spiro atoms. The average molecular weight is 234 g/mol. The van der Waals surface area contributed by atoms with Gasteiger partial charge in [0.1, 0.15) is 11.5 Å². The molecule has 15 heavy (non-hydrogen) atoms. The van der Waals surface area contributed by atoms with Crippen molar-refractivity contribution in [1.82, 2.24) is 0 Å². The Balaban J connectivity index is 2.53. The third-order valence-corrected chi connectivity index (χ3v) is 4.78. The highest BCUT2D eigenvalue weighted by molar-refractivity contribution is 7.92. The minimum Gasteiger partial charge on any atom is -0.381 e. The second-order valence-corrected chi connectivity index (χ2v) is 6.19. The van der Waals surface area contributed by atoms with Gasteiger partial charge in [0.05, 0.1) is 5.25 Å². The van der Waals surface area contributed by atoms with Crippen LogP contribution >= 0.6 is 0 Å². The van der Waals surface area contributed by atoms with Crippen molar-refractivity contribution in [2.75, 3.05) is 19.0 Å². The molecule has 0 radical (unpaired) electrons. The Morgan fingerprint density at radius 2 is 1.93 bits per heavy atom. The molecular weight excluding hydrogens is 216 g/mol. The summed E-state index contributed by atoms with van der Waals surface area (Å²) in [6.45, 7) is 2.86. The fourth-order valence-electron chi connectivity index (χ4n) is 1.73. The van der Waals surface area contributed by atoms with E-state index < -0.39 is 9.84 Å². The van der Waals surface area contributed by atoms with E-state index in [1.54, 1.807) is 0 Å². The molecule has 0 aromatic rings. The van der Waals surface area contributed by atoms with Crippen LogP contribution < -0.4 is 0 Å². The first-order valence-electron chi connectivity index (χ1n) is 5.37. The first-order chi connectivity index (χ1) is 7.06. The van der Waals surface area contributed by atoms with Gasteiger partial charge < -0.3 is 4.74 Å². The second-order valence-electron chi connectivity index (χ2n) is 3.91. The molecule has 1 saturated heterocycles. The van der Waals surface area contributed by atoms with Crippen molar-refractivity contribution in [3.8, 4) is 0 Å². The number of carbonyl (C=O) groups is 1. The van der Waals surface area contributed by atoms with Crippen molar-refractivity contribution in [1.29, 1.82) is 0 Å². The Bertz CT molecular complexity index is 301. The van der Waals surface area contributed by atoms with E-state index in [1.165, 1.54) is 0 Å². The normalized spacial score (nSPS) is 19.0. The summed E-state index contributed by atoms with van der Waals surface area (Å²) in [5.74, 6) is -0.449. The summed E-state index contributed by atoms with van der Waals surface area (Å²) >= 11 is 0. The first kappa shape index (κ1) is 12.6. The Hall–Kier alpha value is -0.420. The monoisotopic (exact) mass is 234 g/mol. The zero-order chi connectivity index (χ0) is 11.3. The molecule has 1 aliphatic heterocycles. The number of carbonyl (C=O) groups excluding carboxylic acids is 1. The molecule has 0 N–H and O–H groups in total. The summed E-state index contributed by atoms with van der Waals surface area (Å²) in [5, 5.41) is -0.368. The van der Waals surface area contributed by atoms with Gasteiger partial charge in [-0.15, -0.1) is 0 Å². The number of ketones is 1. The summed E-state index contributed by atoms with van der Waals surface area (Å²) in [5.41, 5.74) is 0. The van der Waals surface area contributed by atoms with Crippen molar-refractivity contribution in [3.63, 3.8) is 0 Å². The molecule has 5 heteroatoms. The van der Waals surface area contributed by atoms with Gasteiger partial charge in [0.15, 0.2) is 9.84 Å². The molecule has 1 aliphatic rings. The molecule has 0 aromatic heterocycles. The molecule has 0 saturated carbocycles. The number of Topliss-reactive ketones (excluding diaryl/α,β-unsaturated/α-hetero) is 1. The van der Waals surface area contributed by atoms with Crippen molar-refractivity contribution in [2.24, 2.45) is 0 Å². The standard InChI is InChI=1S/C10H18O4S/c1-2-3-9(11)8-15(12,13)10-4-6-14-7-5-10/h10H,2-8H2,1H3. The van der Waals surface area contributed by atoms with Crippen molar-refractivity contribution < 1.29 is 17.9 Å². The Kier molecular flexibility index (Phi) is 4.73. The van der Waals surface area contributed by atoms with Crippen LogP contribution in [0.5, 0.6) is 0 Å². The lowest BCUT2D eigenvalue weighted by atomic mass is 10.2. The quantitative estimate of drug-likeness (QED) is 0.710. The molecule has 0 amide bonds. The highest BCUT2D eigenvalue weighted by Gasteiger charge is 2.29. The maximum absolute atomic E-state index is 11.8. The summed E-state index contributed by atoms with van der Waals surface area (Å²) < 4.78 is 28.7. The predicted molar refractivity (Wildman–Crippen MR) is 57.5 cm³/mol. The van der Waals surface area contributed by atoms with Crippen LogP contribution in [0.3, 0.4) is 0 Å². The molecular formula is C10H18O4S. The molecule has 1 fully saturated rings. The molecule has 0 aliphatic carbocycles. The largest absolute Gasteiger partial charge is 0.381 e. The van der Waals surface area contributed by atoms with Gasteiger partial charge in [-0.05, 0) is 19.3 Å². The SMILES string of the molecule is CCCC(=O)CS(=O)(=O)C1CCOCC1. The number of hydrogen-bond acceptors (Lipinski definition) is 4. The summed E-state index contributed by atoms with van der Waals surface area (Å²) in [6.07, 6.45) is 2.13. The van der Waals surface area contributed by atoms with Crippen LogP contribution in [0.25, 0.3) is 0 Å². The van der Waals surface area contributed by atoms with Gasteiger partial charge in [0.2, 0.25) is 0 Å². The van der Waals surface area contributed by atoms with Crippen LogP contribution in [-0.4, -0.2) is 38.4 Å². The van der Waals surface area contributed by atoms with E-state index in [1.807, 2.05) is 6.92 Å². The zero-order valence-corrected chi connectivity index (χ0v) is 9.88. The van der Waals surface area contributed by atoms with Crippen LogP contribution in [0.4, 0.5) is 0 Å². The number of rotatable bonds is 5. The fraction of sp³-hybridized carbons (Fsp3) is 0.900. The van der Waals surface area contributed by atoms with Crippen molar-refractivity contribution in [2.45, 2.75) is 37.9 Å².